The molecule has 0 N–H and O–H groups in total. The summed E-state index contributed by atoms with van der Waals surface area (Å²) in [6.45, 7) is 0. The monoisotopic (exact) mass is 538 g/mol. The van der Waals surface area contributed by atoms with E-state index in [2.05, 4.69) is 119 Å². The molecule has 0 aliphatic heterocycles. The van der Waals surface area contributed by atoms with Crippen molar-refractivity contribution in [3.8, 4) is 0 Å². The van der Waals surface area contributed by atoms with Gasteiger partial charge in [-0.3, -0.25) is 9.80 Å². The van der Waals surface area contributed by atoms with Crippen LogP contribution in [-0.4, -0.2) is 9.97 Å². The number of hydrogen-bond acceptors (Lipinski definition) is 4. The Bertz CT molecular complexity index is 1890. The van der Waals surface area contributed by atoms with Crippen LogP contribution in [0, 0.1) is 0 Å². The Morgan fingerprint density at radius 3 is 1.17 bits per heavy atom. The normalized spacial score (nSPS) is 11.3. The van der Waals surface area contributed by atoms with Gasteiger partial charge in [0.2, 0.25) is 0 Å². The number of aromatic nitrogens is 2. The molecule has 198 valence electrons. The molecule has 2 aromatic heterocycles. The first-order chi connectivity index (χ1) is 20.9. The van der Waals surface area contributed by atoms with Crippen molar-refractivity contribution in [1.29, 1.82) is 0 Å². The van der Waals surface area contributed by atoms with Gasteiger partial charge in [-0.25, -0.2) is 9.97 Å². The lowest BCUT2D eigenvalue weighted by Crippen LogP contribution is -2.12. The maximum atomic E-state index is 4.76. The van der Waals surface area contributed by atoms with E-state index in [1.165, 1.54) is 32.3 Å². The summed E-state index contributed by atoms with van der Waals surface area (Å²) in [4.78, 5) is 14.0. The second kappa shape index (κ2) is 10.0. The molecule has 0 unspecified atom stereocenters. The van der Waals surface area contributed by atoms with E-state index in [0.717, 1.165) is 34.4 Å². The fourth-order valence-corrected chi connectivity index (χ4v) is 6.08. The highest BCUT2D eigenvalue weighted by molar-refractivity contribution is 6.28. The number of benzene rings is 6. The van der Waals surface area contributed by atoms with Crippen molar-refractivity contribution < 1.29 is 0 Å². The Labute approximate surface area is 244 Å². The Morgan fingerprint density at radius 2 is 0.762 bits per heavy atom. The van der Waals surface area contributed by atoms with Crippen LogP contribution in [0.15, 0.2) is 158 Å². The fourth-order valence-electron chi connectivity index (χ4n) is 6.08. The van der Waals surface area contributed by atoms with Crippen molar-refractivity contribution in [2.75, 3.05) is 9.80 Å². The summed E-state index contributed by atoms with van der Waals surface area (Å²) in [6.07, 6.45) is 3.70. The maximum absolute atomic E-state index is 4.76. The number of pyridine rings is 2. The van der Waals surface area contributed by atoms with E-state index >= 15 is 0 Å². The van der Waals surface area contributed by atoms with Crippen LogP contribution < -0.4 is 9.80 Å². The van der Waals surface area contributed by atoms with Crippen molar-refractivity contribution in [3.63, 3.8) is 0 Å². The van der Waals surface area contributed by atoms with Gasteiger partial charge >= 0.3 is 0 Å². The molecule has 0 saturated heterocycles. The molecule has 0 aliphatic rings. The van der Waals surface area contributed by atoms with Gasteiger partial charge in [0, 0.05) is 34.5 Å². The molecule has 0 bridgehead atoms. The van der Waals surface area contributed by atoms with Gasteiger partial charge in [0.05, 0.1) is 11.4 Å². The van der Waals surface area contributed by atoms with Crippen LogP contribution in [0.3, 0.4) is 0 Å². The SMILES string of the molecule is c1ccc(N(c2ccccn2)c2ccc3ccc4c(N(c5ccccc5)c5ccccn5)ccc5ccc2c3c54)cc1. The van der Waals surface area contributed by atoms with Gasteiger partial charge < -0.3 is 0 Å². The lowest BCUT2D eigenvalue weighted by molar-refractivity contribution is 1.19. The second-order valence-electron chi connectivity index (χ2n) is 10.3. The molecule has 0 spiro atoms. The second-order valence-corrected chi connectivity index (χ2v) is 10.3. The lowest BCUT2D eigenvalue weighted by atomic mass is 9.92. The highest BCUT2D eigenvalue weighted by Crippen LogP contribution is 2.46. The molecule has 0 saturated carbocycles. The Hall–Kier alpha value is -5.74. The van der Waals surface area contributed by atoms with E-state index < -0.39 is 0 Å². The Morgan fingerprint density at radius 1 is 0.357 bits per heavy atom. The van der Waals surface area contributed by atoms with E-state index in [4.69, 9.17) is 9.97 Å². The third kappa shape index (κ3) is 3.93. The third-order valence-electron chi connectivity index (χ3n) is 7.89. The van der Waals surface area contributed by atoms with Crippen LogP contribution in [-0.2, 0) is 0 Å². The minimum absolute atomic E-state index is 0.879. The van der Waals surface area contributed by atoms with Crippen molar-refractivity contribution in [2.24, 2.45) is 0 Å². The van der Waals surface area contributed by atoms with Gasteiger partial charge in [-0.2, -0.15) is 0 Å². The average molecular weight is 539 g/mol. The molecule has 8 aromatic rings. The van der Waals surface area contributed by atoms with E-state index in [-0.39, 0.29) is 0 Å². The number of hydrogen-bond donors (Lipinski definition) is 0. The van der Waals surface area contributed by atoms with E-state index in [0.29, 0.717) is 0 Å². The van der Waals surface area contributed by atoms with Crippen LogP contribution in [0.5, 0.6) is 0 Å². The fraction of sp³-hybridized carbons (Fsp3) is 0. The number of nitrogens with zero attached hydrogens (tertiary/aromatic N) is 4. The summed E-state index contributed by atoms with van der Waals surface area (Å²) in [5.74, 6) is 1.76. The van der Waals surface area contributed by atoms with Crippen LogP contribution in [0.25, 0.3) is 32.3 Å². The molecule has 0 amide bonds. The summed E-state index contributed by atoms with van der Waals surface area (Å²) in [6, 6.07) is 50.9. The van der Waals surface area contributed by atoms with Gasteiger partial charge in [0.25, 0.3) is 0 Å². The molecule has 42 heavy (non-hydrogen) atoms. The minimum Gasteiger partial charge on any atom is -0.294 e. The zero-order valence-electron chi connectivity index (χ0n) is 22.8. The van der Waals surface area contributed by atoms with E-state index in [9.17, 15) is 0 Å². The molecule has 0 atom stereocenters. The van der Waals surface area contributed by atoms with Crippen molar-refractivity contribution in [2.45, 2.75) is 0 Å². The minimum atomic E-state index is 0.879. The van der Waals surface area contributed by atoms with E-state index in [1.807, 2.05) is 48.8 Å². The van der Waals surface area contributed by atoms with Crippen LogP contribution >= 0.6 is 0 Å². The Balaban J connectivity index is 1.42. The summed E-state index contributed by atoms with van der Waals surface area (Å²) >= 11 is 0. The standard InChI is InChI=1S/C38H26N4/c1-3-11-29(12-4-1)41(35-15-7-9-25-39-35)33-23-19-27-18-22-32-34(24-20-28-17-21-31(33)37(27)38(28)32)42(30-13-5-2-6-14-30)36-16-8-10-26-40-36/h1-26H. The molecule has 8 rings (SSSR count). The topological polar surface area (TPSA) is 32.3 Å². The zero-order valence-corrected chi connectivity index (χ0v) is 22.8. The lowest BCUT2D eigenvalue weighted by Gasteiger charge is -2.28. The number of anilines is 6. The maximum Gasteiger partial charge on any atom is 0.137 e. The summed E-state index contributed by atoms with van der Waals surface area (Å²) < 4.78 is 0. The van der Waals surface area contributed by atoms with Crippen LogP contribution in [0.2, 0.25) is 0 Å². The van der Waals surface area contributed by atoms with Gasteiger partial charge in [-0.15, -0.1) is 0 Å². The van der Waals surface area contributed by atoms with Crippen LogP contribution in [0.4, 0.5) is 34.4 Å². The average Bonchev–Trinajstić information content (AvgIpc) is 3.07. The van der Waals surface area contributed by atoms with Gasteiger partial charge in [0.1, 0.15) is 11.6 Å². The van der Waals surface area contributed by atoms with Crippen molar-refractivity contribution >= 4 is 66.7 Å². The van der Waals surface area contributed by atoms with E-state index in [1.54, 1.807) is 0 Å². The van der Waals surface area contributed by atoms with Gasteiger partial charge in [0.15, 0.2) is 0 Å². The number of rotatable bonds is 6. The van der Waals surface area contributed by atoms with Gasteiger partial charge in [-0.1, -0.05) is 84.9 Å². The molecule has 2 heterocycles. The summed E-state index contributed by atoms with van der Waals surface area (Å²) in [5.41, 5.74) is 4.32. The zero-order chi connectivity index (χ0) is 27.9. The molecule has 0 radical (unpaired) electrons. The highest BCUT2D eigenvalue weighted by atomic mass is 15.2. The van der Waals surface area contributed by atoms with Crippen molar-refractivity contribution in [1.82, 2.24) is 9.97 Å². The van der Waals surface area contributed by atoms with Gasteiger partial charge in [-0.05, 0) is 82.2 Å². The molecule has 0 aliphatic carbocycles. The summed E-state index contributed by atoms with van der Waals surface area (Å²) in [5, 5.41) is 7.28. The molecular formula is C38H26N4. The smallest absolute Gasteiger partial charge is 0.137 e. The number of para-hydroxylation sites is 2. The highest BCUT2D eigenvalue weighted by Gasteiger charge is 2.21. The summed E-state index contributed by atoms with van der Waals surface area (Å²) in [7, 11) is 0. The molecular weight excluding hydrogens is 512 g/mol. The van der Waals surface area contributed by atoms with Crippen LogP contribution in [0.1, 0.15) is 0 Å². The molecule has 0 fully saturated rings. The first kappa shape index (κ1) is 24.1. The predicted molar refractivity (Wildman–Crippen MR) is 175 cm³/mol. The molecule has 4 heteroatoms. The largest absolute Gasteiger partial charge is 0.294 e. The van der Waals surface area contributed by atoms with Crippen molar-refractivity contribution in [3.05, 3.63) is 158 Å². The molecule has 4 nitrogen and oxygen atoms in total. The quantitative estimate of drug-likeness (QED) is 0.197. The Kier molecular flexibility index (Phi) is 5.75. The third-order valence-corrected chi connectivity index (χ3v) is 7.89. The first-order valence-corrected chi connectivity index (χ1v) is 14.1. The predicted octanol–water partition coefficient (Wildman–Crippen LogP) is 10.3. The molecule has 6 aromatic carbocycles. The first-order valence-electron chi connectivity index (χ1n) is 14.1.